The third kappa shape index (κ3) is 33.2. The topological polar surface area (TPSA) is 602 Å². The maximum absolute atomic E-state index is 14.2. The Hall–Kier alpha value is -10.8. The number of aromatic amines is 1. The molecular formula is C75H123N19O19. The van der Waals surface area contributed by atoms with Crippen LogP contribution in [0.15, 0.2) is 30.5 Å². The number of amides is 18. The number of para-hydroxylation sites is 1. The van der Waals surface area contributed by atoms with E-state index in [0.29, 0.717) is 6.42 Å². The molecule has 1 heterocycles. The monoisotopic (exact) mass is 1590 g/mol. The summed E-state index contributed by atoms with van der Waals surface area (Å²) in [5, 5.41) is 48.8. The summed E-state index contributed by atoms with van der Waals surface area (Å²) in [7, 11) is 0. The minimum absolute atomic E-state index is 0.00586. The first-order valence-corrected chi connectivity index (χ1v) is 37.6. The van der Waals surface area contributed by atoms with E-state index in [1.807, 2.05) is 38.1 Å². The Labute approximate surface area is 659 Å². The molecule has 2 aromatic rings. The van der Waals surface area contributed by atoms with Gasteiger partial charge in [-0.15, -0.1) is 0 Å². The van der Waals surface area contributed by atoms with Crippen LogP contribution in [0.5, 0.6) is 0 Å². The van der Waals surface area contributed by atoms with Gasteiger partial charge in [0.05, 0.1) is 12.6 Å². The fourth-order valence-electron chi connectivity index (χ4n) is 11.2. The molecule has 1 aromatic heterocycles. The highest BCUT2D eigenvalue weighted by atomic mass is 16.3. The maximum atomic E-state index is 14.2. The van der Waals surface area contributed by atoms with E-state index in [1.54, 1.807) is 33.9 Å². The zero-order valence-electron chi connectivity index (χ0n) is 68.7. The number of aliphatic hydroxyl groups is 1. The second-order valence-corrected chi connectivity index (χ2v) is 32.5. The summed E-state index contributed by atoms with van der Waals surface area (Å²) in [6.45, 7) is 28.4. The number of primary amides is 3. The molecule has 23 N–H and O–H groups in total. The van der Waals surface area contributed by atoms with Crippen LogP contribution in [0, 0.1) is 17.8 Å². The number of hydrogen-bond donors (Lipinski definition) is 20. The third-order valence-electron chi connectivity index (χ3n) is 18.0. The zero-order valence-corrected chi connectivity index (χ0v) is 68.7. The molecule has 1 aromatic carbocycles. The SMILES string of the molecule is CC(=O)NC(Cc1c[nH]c2ccccc12)C(=O)NC(C)C(=O)NC(C)(C)C(=O)NC(C)(C)C(=O)NC(CC(C)C)C(=O)NC(C)(C)C(=O)NC(CCC(N)=O)C(=O)NC(C)C(=O)NC(C)C(=O)NC(C)(C)C(=O)NC(CCC(N)=O)C(=O)NC(CC(C)C)C(=O)NC(C)(C)C(=O)NC(CCC(N)=O)C(=O)NC(CO)CC(C)C. The van der Waals surface area contributed by atoms with E-state index in [-0.39, 0.29) is 49.9 Å². The van der Waals surface area contributed by atoms with Crippen LogP contribution < -0.4 is 97.0 Å². The number of hydrogen-bond acceptors (Lipinski definition) is 19. The Bertz CT molecular complexity index is 3790. The summed E-state index contributed by atoms with van der Waals surface area (Å²) in [5.41, 5.74) is 8.69. The molecular weight excluding hydrogens is 1470 g/mol. The Morgan fingerprint density at radius 1 is 0.363 bits per heavy atom. The molecule has 113 heavy (non-hydrogen) atoms. The molecule has 0 saturated carbocycles. The van der Waals surface area contributed by atoms with Gasteiger partial charge < -0.3 is 107 Å². The highest BCUT2D eigenvalue weighted by molar-refractivity contribution is 6.03. The van der Waals surface area contributed by atoms with Crippen molar-refractivity contribution < 1.29 is 91.4 Å². The van der Waals surface area contributed by atoms with Crippen molar-refractivity contribution in [2.45, 2.75) is 291 Å². The van der Waals surface area contributed by atoms with Gasteiger partial charge in [0.15, 0.2) is 0 Å². The van der Waals surface area contributed by atoms with Gasteiger partial charge in [0.2, 0.25) is 106 Å². The van der Waals surface area contributed by atoms with E-state index in [4.69, 9.17) is 17.2 Å². The number of aliphatic hydroxyl groups excluding tert-OH is 1. The lowest BCUT2D eigenvalue weighted by atomic mass is 9.96. The van der Waals surface area contributed by atoms with Crippen LogP contribution in [0.25, 0.3) is 10.9 Å². The Morgan fingerprint density at radius 2 is 0.681 bits per heavy atom. The van der Waals surface area contributed by atoms with E-state index in [0.717, 1.165) is 16.5 Å². The van der Waals surface area contributed by atoms with Gasteiger partial charge in [-0.05, 0) is 158 Å². The number of nitrogens with one attached hydrogen (secondary N) is 16. The third-order valence-corrected chi connectivity index (χ3v) is 18.0. The molecule has 38 heteroatoms. The van der Waals surface area contributed by atoms with Crippen molar-refractivity contribution in [3.05, 3.63) is 36.0 Å². The molecule has 0 saturated heterocycles. The lowest BCUT2D eigenvalue weighted by Crippen LogP contribution is -2.66. The first kappa shape index (κ1) is 98.3. The summed E-state index contributed by atoms with van der Waals surface area (Å²) in [4.78, 5) is 245. The number of carbonyl (C=O) groups excluding carboxylic acids is 18. The van der Waals surface area contributed by atoms with Crippen molar-refractivity contribution >= 4 is 117 Å². The summed E-state index contributed by atoms with van der Waals surface area (Å²) >= 11 is 0. The zero-order chi connectivity index (χ0) is 86.8. The van der Waals surface area contributed by atoms with Crippen LogP contribution >= 0.6 is 0 Å². The maximum Gasteiger partial charge on any atom is 0.246 e. The number of rotatable bonds is 47. The number of fused-ring (bicyclic) bond motifs is 1. The van der Waals surface area contributed by atoms with Gasteiger partial charge in [-0.3, -0.25) is 86.3 Å². The van der Waals surface area contributed by atoms with Crippen LogP contribution in [-0.4, -0.2) is 211 Å². The molecule has 2 rings (SSSR count). The second-order valence-electron chi connectivity index (χ2n) is 32.5. The average molecular weight is 1590 g/mol. The van der Waals surface area contributed by atoms with Crippen molar-refractivity contribution in [3.63, 3.8) is 0 Å². The van der Waals surface area contributed by atoms with Crippen LogP contribution in [0.4, 0.5) is 0 Å². The van der Waals surface area contributed by atoms with Crippen molar-refractivity contribution in [2.24, 2.45) is 35.0 Å². The Balaban J connectivity index is 2.20. The molecule has 0 spiro atoms. The Kier molecular flexibility index (Phi) is 37.6. The largest absolute Gasteiger partial charge is 0.394 e. The van der Waals surface area contributed by atoms with Crippen molar-refractivity contribution in [1.29, 1.82) is 0 Å². The summed E-state index contributed by atoms with van der Waals surface area (Å²) in [6, 6.07) is -5.82. The van der Waals surface area contributed by atoms with E-state index in [9.17, 15) is 91.4 Å². The van der Waals surface area contributed by atoms with Gasteiger partial charge in [0.25, 0.3) is 0 Å². The smallest absolute Gasteiger partial charge is 0.246 e. The lowest BCUT2D eigenvalue weighted by molar-refractivity contribution is -0.140. The number of benzene rings is 1. The standard InChI is InChI=1S/C75H123N19O19/c1-37(2)31-45(36-95)84-61(104)49(26-29-55(77)98)87-68(111)72(13,14)92-64(107)51(32-38(3)4)85-62(105)50(27-30-56(78)99)88-66(109)71(11,12)90-58(101)41(8)80-57(100)40(7)81-60(103)48(25-28-54(76)97)86-67(110)73(15,16)93-65(108)52(33-39(5)6)89-69(112)74(17,18)94-70(113)75(19,20)91-59(102)42(9)82-63(106)53(83-43(10)96)34-44-35-79-47-24-22-21-23-46(44)47/h21-24,35,37-42,45,48-53,79,95H,25-34,36H2,1-20H3,(H2,76,97)(H2,77,98)(H2,78,99)(H,80,100)(H,81,103)(H,82,106)(H,83,96)(H,84,104)(H,85,105)(H,86,110)(H,87,111)(H,88,109)(H,89,112)(H,90,101)(H,91,102)(H,92,107)(H,93,108)(H,94,113). The molecule has 0 radical (unpaired) electrons. The molecule has 10 unspecified atom stereocenters. The van der Waals surface area contributed by atoms with Gasteiger partial charge in [-0.1, -0.05) is 59.7 Å². The normalized spacial score (nSPS) is 14.5. The predicted octanol–water partition coefficient (Wildman–Crippen LogP) is -2.96. The van der Waals surface area contributed by atoms with Crippen LogP contribution in [0.2, 0.25) is 0 Å². The Morgan fingerprint density at radius 3 is 1.06 bits per heavy atom. The van der Waals surface area contributed by atoms with Crippen LogP contribution in [0.3, 0.4) is 0 Å². The summed E-state index contributed by atoms with van der Waals surface area (Å²) in [5.74, 6) is -16.0. The highest BCUT2D eigenvalue weighted by Gasteiger charge is 2.43. The molecule has 0 bridgehead atoms. The second kappa shape index (κ2) is 43.3. The quantitative estimate of drug-likeness (QED) is 0.0315. The van der Waals surface area contributed by atoms with Crippen molar-refractivity contribution in [2.75, 3.05) is 6.61 Å². The molecule has 0 aliphatic heterocycles. The summed E-state index contributed by atoms with van der Waals surface area (Å²) in [6.07, 6.45) is -0.146. The summed E-state index contributed by atoms with van der Waals surface area (Å²) < 4.78 is 0. The minimum Gasteiger partial charge on any atom is -0.394 e. The number of carbonyl (C=O) groups is 18. The van der Waals surface area contributed by atoms with E-state index in [1.165, 1.54) is 96.9 Å². The molecule has 0 aliphatic rings. The highest BCUT2D eigenvalue weighted by Crippen LogP contribution is 2.21. The predicted molar refractivity (Wildman–Crippen MR) is 416 cm³/mol. The lowest BCUT2D eigenvalue weighted by Gasteiger charge is -2.34. The van der Waals surface area contributed by atoms with Crippen LogP contribution in [0.1, 0.15) is 202 Å². The van der Waals surface area contributed by atoms with Gasteiger partial charge in [-0.25, -0.2) is 0 Å². The average Bonchev–Trinajstić information content (AvgIpc) is 1.19. The molecule has 18 amide bonds. The van der Waals surface area contributed by atoms with E-state index in [2.05, 4.69) is 84.7 Å². The van der Waals surface area contributed by atoms with Gasteiger partial charge in [0, 0.05) is 49.7 Å². The number of H-pyrrole nitrogens is 1. The fourth-order valence-corrected chi connectivity index (χ4v) is 11.2. The minimum atomic E-state index is -1.90. The molecule has 0 aliphatic carbocycles. The van der Waals surface area contributed by atoms with E-state index >= 15 is 0 Å². The van der Waals surface area contributed by atoms with Gasteiger partial charge in [-0.2, -0.15) is 0 Å². The molecule has 10 atom stereocenters. The van der Waals surface area contributed by atoms with Crippen molar-refractivity contribution in [1.82, 2.24) is 84.7 Å². The van der Waals surface area contributed by atoms with Crippen LogP contribution in [-0.2, 0) is 92.7 Å². The fraction of sp³-hybridized carbons (Fsp3) is 0.653. The number of nitrogens with two attached hydrogens (primary N) is 3. The van der Waals surface area contributed by atoms with Crippen molar-refractivity contribution in [3.8, 4) is 0 Å². The first-order valence-electron chi connectivity index (χ1n) is 37.6. The van der Waals surface area contributed by atoms with Gasteiger partial charge >= 0.3 is 0 Å². The molecule has 0 fully saturated rings. The number of aromatic nitrogens is 1. The van der Waals surface area contributed by atoms with Gasteiger partial charge in [0.1, 0.15) is 82.1 Å². The van der Waals surface area contributed by atoms with E-state index < -0.39 is 227 Å². The molecule has 38 nitrogen and oxygen atoms in total. The molecule has 632 valence electrons. The first-order chi connectivity index (χ1) is 51.9.